The van der Waals surface area contributed by atoms with Crippen molar-refractivity contribution in [1.29, 1.82) is 0 Å². The molecule has 2 rings (SSSR count). The Kier molecular flexibility index (Phi) is 27.2. The Labute approximate surface area is 157 Å². The van der Waals surface area contributed by atoms with Gasteiger partial charge in [0.2, 0.25) is 0 Å². The zero-order chi connectivity index (χ0) is 13.1. The van der Waals surface area contributed by atoms with Crippen molar-refractivity contribution in [2.45, 2.75) is 33.4 Å². The van der Waals surface area contributed by atoms with Gasteiger partial charge < -0.3 is 30.5 Å². The molecule has 20 heavy (non-hydrogen) atoms. The minimum Gasteiger partial charge on any atom is -1.00 e. The number of allylic oxidation sites excluding steroid dienone is 4. The molecule has 0 spiro atoms. The fourth-order valence-electron chi connectivity index (χ4n) is 1.15. The summed E-state index contributed by atoms with van der Waals surface area (Å²) in [4.78, 5) is 0. The van der Waals surface area contributed by atoms with Crippen LogP contribution < -0.4 is 24.8 Å². The van der Waals surface area contributed by atoms with E-state index in [1.807, 2.05) is 44.2 Å². The third-order valence-corrected chi connectivity index (χ3v) is 2.07. The van der Waals surface area contributed by atoms with Gasteiger partial charge >= 0.3 is 25.8 Å². The molecular formula is C15H22Cl2HfNSi. The van der Waals surface area contributed by atoms with Crippen LogP contribution in [0.5, 0.6) is 0 Å². The average Bonchev–Trinajstić information content (AvgIpc) is 2.85. The topological polar surface area (TPSA) is 23.8 Å². The zero-order valence-corrected chi connectivity index (χ0v) is 18.8. The number of halogens is 2. The van der Waals surface area contributed by atoms with Gasteiger partial charge in [-0.15, -0.1) is 12.1 Å². The normalized spacial score (nSPS) is 9.60. The maximum absolute atomic E-state index is 7.44. The van der Waals surface area contributed by atoms with Crippen LogP contribution in [0.1, 0.15) is 17.5 Å². The Hall–Kier alpha value is 0.167. The van der Waals surface area contributed by atoms with Gasteiger partial charge in [-0.25, -0.2) is 12.2 Å². The summed E-state index contributed by atoms with van der Waals surface area (Å²) in [5.41, 5.74) is 10.2. The van der Waals surface area contributed by atoms with E-state index in [1.165, 1.54) is 0 Å². The molecule has 1 radical (unpaired) electrons. The molecule has 0 heterocycles. The summed E-state index contributed by atoms with van der Waals surface area (Å²) in [6.07, 6.45) is 10.0. The molecule has 109 valence electrons. The van der Waals surface area contributed by atoms with E-state index < -0.39 is 0 Å². The first-order valence-electron chi connectivity index (χ1n) is 5.87. The standard InChI is InChI=1S/C8H10N.C5H5.C2H7Si.2ClH.Hf/c1-6-4-3-5-7(2)8(6)9;1-2-4-5-3-1;1-3-2;;;/h3-5,9H,1-2H3;1-3H,4H2;3H,1-2H3;2*1H;/q2*-1;;;;+4/p-2. The van der Waals surface area contributed by atoms with Crippen LogP contribution in [-0.4, -0.2) is 9.52 Å². The van der Waals surface area contributed by atoms with Crippen LogP contribution >= 0.6 is 0 Å². The summed E-state index contributed by atoms with van der Waals surface area (Å²) < 4.78 is 0. The van der Waals surface area contributed by atoms with Crippen molar-refractivity contribution < 1.29 is 50.7 Å². The van der Waals surface area contributed by atoms with E-state index >= 15 is 0 Å². The third-order valence-electron chi connectivity index (χ3n) is 2.07. The van der Waals surface area contributed by atoms with Gasteiger partial charge in [0.25, 0.3) is 0 Å². The van der Waals surface area contributed by atoms with E-state index in [0.717, 1.165) is 27.1 Å². The third kappa shape index (κ3) is 14.6. The summed E-state index contributed by atoms with van der Waals surface area (Å²) in [6.45, 7) is 8.32. The molecule has 0 bridgehead atoms. The summed E-state index contributed by atoms with van der Waals surface area (Å²) in [5.74, 6) is 0. The molecule has 0 unspecified atom stereocenters. The van der Waals surface area contributed by atoms with E-state index in [1.54, 1.807) is 0 Å². The Morgan fingerprint density at radius 1 is 1.10 bits per heavy atom. The minimum absolute atomic E-state index is 0. The molecule has 1 aliphatic rings. The second-order valence-corrected chi connectivity index (χ2v) is 5.00. The second-order valence-electron chi connectivity index (χ2n) is 3.85. The van der Waals surface area contributed by atoms with Gasteiger partial charge in [-0.3, -0.25) is 6.08 Å². The van der Waals surface area contributed by atoms with Crippen LogP contribution in [0.3, 0.4) is 0 Å². The molecule has 1 aromatic carbocycles. The molecule has 5 heteroatoms. The second kappa shape index (κ2) is 19.2. The molecule has 0 saturated heterocycles. The average molecular weight is 494 g/mol. The first-order valence-corrected chi connectivity index (χ1v) is 8.18. The van der Waals surface area contributed by atoms with E-state index in [0.29, 0.717) is 5.69 Å². The van der Waals surface area contributed by atoms with E-state index in [2.05, 4.69) is 25.2 Å². The van der Waals surface area contributed by atoms with E-state index in [4.69, 9.17) is 5.73 Å². The summed E-state index contributed by atoms with van der Waals surface area (Å²) in [6, 6.07) is 5.88. The predicted octanol–water partition coefficient (Wildman–Crippen LogP) is -1.18. The molecule has 0 amide bonds. The largest absolute Gasteiger partial charge is 4.00 e. The van der Waals surface area contributed by atoms with Crippen molar-refractivity contribution in [1.82, 2.24) is 0 Å². The smallest absolute Gasteiger partial charge is 1.00 e. The Morgan fingerprint density at radius 2 is 1.55 bits per heavy atom. The first kappa shape index (κ1) is 28.3. The molecule has 0 saturated carbocycles. The van der Waals surface area contributed by atoms with Crippen LogP contribution in [-0.2, 0) is 25.8 Å². The van der Waals surface area contributed by atoms with Gasteiger partial charge in [0, 0.05) is 9.52 Å². The van der Waals surface area contributed by atoms with E-state index in [9.17, 15) is 0 Å². The molecule has 0 aromatic heterocycles. The van der Waals surface area contributed by atoms with Crippen molar-refractivity contribution >= 4 is 15.2 Å². The number of benzene rings is 1. The Balaban J connectivity index is -0.000000102. The van der Waals surface area contributed by atoms with Crippen molar-refractivity contribution in [2.75, 3.05) is 0 Å². The predicted molar refractivity (Wildman–Crippen MR) is 80.3 cm³/mol. The first-order chi connectivity index (χ1) is 8.13. The number of hydrogen-bond donors (Lipinski definition) is 0. The summed E-state index contributed by atoms with van der Waals surface area (Å²) >= 11 is 0. The fraction of sp³-hybridized carbons (Fsp3) is 0.333. The quantitative estimate of drug-likeness (QED) is 0.321. The van der Waals surface area contributed by atoms with Crippen molar-refractivity contribution in [3.05, 3.63) is 59.4 Å². The Bertz CT molecular complexity index is 352. The Morgan fingerprint density at radius 3 is 1.75 bits per heavy atom. The van der Waals surface area contributed by atoms with E-state index in [-0.39, 0.29) is 50.7 Å². The van der Waals surface area contributed by atoms with Crippen molar-refractivity contribution in [3.63, 3.8) is 0 Å². The summed E-state index contributed by atoms with van der Waals surface area (Å²) in [5, 5.41) is 0. The molecule has 1 nitrogen and oxygen atoms in total. The van der Waals surface area contributed by atoms with Crippen LogP contribution in [0.25, 0.3) is 5.73 Å². The molecular weight excluding hydrogens is 472 g/mol. The van der Waals surface area contributed by atoms with Gasteiger partial charge in [-0.1, -0.05) is 42.4 Å². The van der Waals surface area contributed by atoms with Gasteiger partial charge in [0.05, 0.1) is 0 Å². The molecule has 1 aliphatic carbocycles. The summed E-state index contributed by atoms with van der Waals surface area (Å²) in [7, 11) is 0.750. The number of nitrogens with one attached hydrogen (secondary N) is 1. The molecule has 0 atom stereocenters. The monoisotopic (exact) mass is 494 g/mol. The molecule has 0 aliphatic heterocycles. The maximum Gasteiger partial charge on any atom is 4.00 e. The molecule has 1 aromatic rings. The van der Waals surface area contributed by atoms with Crippen molar-refractivity contribution in [2.24, 2.45) is 0 Å². The fourth-order valence-corrected chi connectivity index (χ4v) is 1.15. The number of hydrogen-bond acceptors (Lipinski definition) is 0. The van der Waals surface area contributed by atoms with Crippen LogP contribution in [0.15, 0.2) is 36.4 Å². The molecule has 0 fully saturated rings. The van der Waals surface area contributed by atoms with Crippen LogP contribution in [0.4, 0.5) is 5.69 Å². The van der Waals surface area contributed by atoms with Crippen LogP contribution in [0, 0.1) is 19.9 Å². The van der Waals surface area contributed by atoms with Gasteiger partial charge in [-0.2, -0.15) is 6.08 Å². The van der Waals surface area contributed by atoms with Gasteiger partial charge in [-0.05, 0) is 13.8 Å². The SMILES string of the molecule is C[SiH]C.Cc1cccc(C)c1[NH-].[C-]1=CC=CC1.[Cl-].[Cl-].[Hf+4]. The maximum atomic E-state index is 7.44. The number of rotatable bonds is 0. The zero-order valence-electron chi connectivity index (χ0n) is 12.5. The molecule has 1 N–H and O–H groups in total. The van der Waals surface area contributed by atoms with Gasteiger partial charge in [0.15, 0.2) is 0 Å². The van der Waals surface area contributed by atoms with Crippen molar-refractivity contribution in [3.8, 4) is 0 Å². The number of aryl methyl sites for hydroxylation is 2. The minimum atomic E-state index is 0. The van der Waals surface area contributed by atoms with Gasteiger partial charge in [0.1, 0.15) is 0 Å². The van der Waals surface area contributed by atoms with Crippen LogP contribution in [0.2, 0.25) is 13.1 Å².